The fraction of sp³-hybridized carbons (Fsp3) is 0.556. The summed E-state index contributed by atoms with van der Waals surface area (Å²) < 4.78 is 0. The molecule has 1 unspecified atom stereocenters. The average molecular weight is 211 g/mol. The van der Waals surface area contributed by atoms with Crippen molar-refractivity contribution in [3.05, 3.63) is 16.1 Å². The van der Waals surface area contributed by atoms with Gasteiger partial charge in [0.15, 0.2) is 0 Å². The van der Waals surface area contributed by atoms with E-state index < -0.39 is 6.04 Å². The highest BCUT2D eigenvalue weighted by Crippen LogP contribution is 2.24. The van der Waals surface area contributed by atoms with Crippen molar-refractivity contribution in [2.24, 2.45) is 5.73 Å². The molecule has 14 heavy (non-hydrogen) atoms. The number of rotatable bonds is 4. The number of nitrogens with two attached hydrogens (primary N) is 1. The van der Waals surface area contributed by atoms with E-state index in [9.17, 15) is 4.79 Å². The molecule has 1 atom stereocenters. The highest BCUT2D eigenvalue weighted by atomic mass is 32.1. The molecule has 3 N–H and O–H groups in total. The van der Waals surface area contributed by atoms with Crippen molar-refractivity contribution in [3.8, 4) is 0 Å². The number of carbonyl (C=O) groups is 1. The van der Waals surface area contributed by atoms with Gasteiger partial charge in [-0.3, -0.25) is 10.1 Å². The summed E-state index contributed by atoms with van der Waals surface area (Å²) in [5.74, 6) is -0.345. The molecule has 1 aliphatic carbocycles. The van der Waals surface area contributed by atoms with Crippen LogP contribution in [0.5, 0.6) is 0 Å². The Hall–Kier alpha value is -0.940. The van der Waals surface area contributed by atoms with E-state index in [1.807, 2.05) is 12.3 Å². The molecule has 0 radical (unpaired) electrons. The summed E-state index contributed by atoms with van der Waals surface area (Å²) in [5.41, 5.74) is 6.07. The van der Waals surface area contributed by atoms with Crippen LogP contribution in [-0.4, -0.2) is 16.9 Å². The van der Waals surface area contributed by atoms with Crippen molar-refractivity contribution in [2.45, 2.75) is 31.8 Å². The van der Waals surface area contributed by atoms with E-state index in [2.05, 4.69) is 10.3 Å². The fourth-order valence-electron chi connectivity index (χ4n) is 1.31. The van der Waals surface area contributed by atoms with Gasteiger partial charge in [0.05, 0.1) is 10.7 Å². The molecule has 1 aromatic heterocycles. The lowest BCUT2D eigenvalue weighted by Gasteiger charge is -2.11. The van der Waals surface area contributed by atoms with Gasteiger partial charge in [-0.05, 0) is 19.8 Å². The Bertz CT molecular complexity index is 346. The molecule has 2 rings (SSSR count). The normalized spacial score (nSPS) is 18.1. The van der Waals surface area contributed by atoms with Crippen LogP contribution in [0.4, 0.5) is 0 Å². The molecule has 0 bridgehead atoms. The van der Waals surface area contributed by atoms with Crippen LogP contribution in [0.15, 0.2) is 5.38 Å². The number of aromatic nitrogens is 1. The maximum atomic E-state index is 11.2. The van der Waals surface area contributed by atoms with Gasteiger partial charge in [-0.25, -0.2) is 4.98 Å². The first-order valence-corrected chi connectivity index (χ1v) is 5.52. The average Bonchev–Trinajstić information content (AvgIpc) is 2.84. The Balaban J connectivity index is 2.12. The Morgan fingerprint density at radius 1 is 1.79 bits per heavy atom. The smallest absolute Gasteiger partial charge is 0.240 e. The summed E-state index contributed by atoms with van der Waals surface area (Å²) in [6, 6.07) is 0.0435. The van der Waals surface area contributed by atoms with Gasteiger partial charge in [0.2, 0.25) is 5.91 Å². The maximum Gasteiger partial charge on any atom is 0.240 e. The molecule has 1 heterocycles. The molecule has 4 nitrogen and oxygen atoms in total. The highest BCUT2D eigenvalue weighted by molar-refractivity contribution is 7.09. The minimum atomic E-state index is -0.410. The lowest BCUT2D eigenvalue weighted by molar-refractivity contribution is -0.120. The zero-order valence-electron chi connectivity index (χ0n) is 7.99. The summed E-state index contributed by atoms with van der Waals surface area (Å²) in [5, 5.41) is 6.04. The van der Waals surface area contributed by atoms with Gasteiger partial charge in [-0.15, -0.1) is 11.3 Å². The monoisotopic (exact) mass is 211 g/mol. The Kier molecular flexibility index (Phi) is 2.52. The first-order chi connectivity index (χ1) is 6.66. The number of carbonyl (C=O) groups excluding carboxylic acids is 1. The summed E-state index contributed by atoms with van der Waals surface area (Å²) >= 11 is 1.54. The fourth-order valence-corrected chi connectivity index (χ4v) is 1.95. The Morgan fingerprint density at radius 3 is 2.93 bits per heavy atom. The van der Waals surface area contributed by atoms with Crippen molar-refractivity contribution in [2.75, 3.05) is 0 Å². The van der Waals surface area contributed by atoms with Gasteiger partial charge in [0, 0.05) is 11.4 Å². The minimum Gasteiger partial charge on any atom is -0.368 e. The third-order valence-corrected chi connectivity index (χ3v) is 2.99. The van der Waals surface area contributed by atoms with Crippen molar-refractivity contribution in [3.63, 3.8) is 0 Å². The topological polar surface area (TPSA) is 68.0 Å². The van der Waals surface area contributed by atoms with Crippen LogP contribution in [0.3, 0.4) is 0 Å². The van der Waals surface area contributed by atoms with Gasteiger partial charge in [-0.2, -0.15) is 0 Å². The Morgan fingerprint density at radius 2 is 2.50 bits per heavy atom. The van der Waals surface area contributed by atoms with E-state index >= 15 is 0 Å². The van der Waals surface area contributed by atoms with E-state index in [1.54, 1.807) is 0 Å². The van der Waals surface area contributed by atoms with Gasteiger partial charge in [-0.1, -0.05) is 0 Å². The molecule has 1 aromatic rings. The summed E-state index contributed by atoms with van der Waals surface area (Å²) in [6.07, 6.45) is 2.26. The zero-order chi connectivity index (χ0) is 10.1. The second-order valence-electron chi connectivity index (χ2n) is 3.57. The lowest BCUT2D eigenvalue weighted by atomic mass is 10.2. The molecule has 1 saturated carbocycles. The van der Waals surface area contributed by atoms with Crippen LogP contribution >= 0.6 is 11.3 Å². The quantitative estimate of drug-likeness (QED) is 0.771. The van der Waals surface area contributed by atoms with E-state index in [-0.39, 0.29) is 5.91 Å². The number of nitrogens with zero attached hydrogens (tertiary/aromatic N) is 1. The van der Waals surface area contributed by atoms with E-state index in [0.717, 1.165) is 23.5 Å². The number of hydrogen-bond donors (Lipinski definition) is 2. The first-order valence-electron chi connectivity index (χ1n) is 4.64. The summed E-state index contributed by atoms with van der Waals surface area (Å²) in [7, 11) is 0. The zero-order valence-corrected chi connectivity index (χ0v) is 8.80. The molecule has 1 amide bonds. The molecular weight excluding hydrogens is 198 g/mol. The largest absolute Gasteiger partial charge is 0.368 e. The molecular formula is C9H13N3OS. The van der Waals surface area contributed by atoms with E-state index in [4.69, 9.17) is 5.73 Å². The Labute approximate surface area is 86.5 Å². The number of thiazole rings is 1. The number of primary amides is 1. The third kappa shape index (κ3) is 2.10. The molecule has 0 spiro atoms. The highest BCUT2D eigenvalue weighted by Gasteiger charge is 2.29. The van der Waals surface area contributed by atoms with Crippen LogP contribution in [0.25, 0.3) is 0 Å². The molecule has 0 aliphatic heterocycles. The second kappa shape index (κ2) is 3.67. The van der Waals surface area contributed by atoms with Gasteiger partial charge >= 0.3 is 0 Å². The van der Waals surface area contributed by atoms with Gasteiger partial charge in [0.25, 0.3) is 0 Å². The molecule has 1 fully saturated rings. The third-order valence-electron chi connectivity index (χ3n) is 2.20. The van der Waals surface area contributed by atoms with E-state index in [1.165, 1.54) is 11.3 Å². The summed E-state index contributed by atoms with van der Waals surface area (Å²) in [6.45, 7) is 1.92. The van der Waals surface area contributed by atoms with Crippen LogP contribution in [0.2, 0.25) is 0 Å². The van der Waals surface area contributed by atoms with Gasteiger partial charge < -0.3 is 5.73 Å². The second-order valence-corrected chi connectivity index (χ2v) is 4.63. The van der Waals surface area contributed by atoms with Crippen molar-refractivity contribution < 1.29 is 4.79 Å². The predicted octanol–water partition coefficient (Wildman–Crippen LogP) is 0.730. The lowest BCUT2D eigenvalue weighted by Crippen LogP contribution is -2.35. The molecule has 5 heteroatoms. The van der Waals surface area contributed by atoms with Crippen LogP contribution in [-0.2, 0) is 4.79 Å². The first kappa shape index (κ1) is 9.61. The SMILES string of the molecule is Cc1nc(C(NC2CC2)C(N)=O)cs1. The number of hydrogen-bond acceptors (Lipinski definition) is 4. The van der Waals surface area contributed by atoms with Crippen LogP contribution in [0, 0.1) is 6.92 Å². The summed E-state index contributed by atoms with van der Waals surface area (Å²) in [4.78, 5) is 15.5. The van der Waals surface area contributed by atoms with E-state index in [0.29, 0.717) is 6.04 Å². The standard InChI is InChI=1S/C9H13N3OS/c1-5-11-7(4-14-5)8(9(10)13)12-6-2-3-6/h4,6,8,12H,2-3H2,1H3,(H2,10,13). The maximum absolute atomic E-state index is 11.2. The number of nitrogens with one attached hydrogen (secondary N) is 1. The number of aryl methyl sites for hydroxylation is 1. The number of amides is 1. The molecule has 1 aliphatic rings. The molecule has 76 valence electrons. The molecule has 0 aromatic carbocycles. The van der Waals surface area contributed by atoms with Crippen molar-refractivity contribution >= 4 is 17.2 Å². The van der Waals surface area contributed by atoms with Crippen LogP contribution < -0.4 is 11.1 Å². The van der Waals surface area contributed by atoms with Crippen molar-refractivity contribution in [1.82, 2.24) is 10.3 Å². The predicted molar refractivity (Wildman–Crippen MR) is 54.9 cm³/mol. The van der Waals surface area contributed by atoms with Crippen molar-refractivity contribution in [1.29, 1.82) is 0 Å². The van der Waals surface area contributed by atoms with Gasteiger partial charge in [0.1, 0.15) is 6.04 Å². The minimum absolute atomic E-state index is 0.345. The molecule has 0 saturated heterocycles. The van der Waals surface area contributed by atoms with Crippen LogP contribution in [0.1, 0.15) is 29.6 Å².